The lowest BCUT2D eigenvalue weighted by atomic mass is 10.4. The number of rotatable bonds is 7. The van der Waals surface area contributed by atoms with Crippen molar-refractivity contribution in [3.05, 3.63) is 30.0 Å². The van der Waals surface area contributed by atoms with Crippen LogP contribution in [0.2, 0.25) is 0 Å². The normalized spacial score (nSPS) is 11.6. The molecule has 0 amide bonds. The van der Waals surface area contributed by atoms with Crippen molar-refractivity contribution < 1.29 is 18.0 Å². The highest BCUT2D eigenvalue weighted by atomic mass is 32.5. The van der Waals surface area contributed by atoms with Gasteiger partial charge < -0.3 is 4.52 Å². The SMILES string of the molecule is CCOP(=S)(OCC)Oc1nc(C)n(-c2cccc(F)n2)n1. The quantitative estimate of drug-likeness (QED) is 0.564. The molecule has 0 atom stereocenters. The van der Waals surface area contributed by atoms with E-state index in [1.54, 1.807) is 26.8 Å². The summed E-state index contributed by atoms with van der Waals surface area (Å²) in [5, 5.41) is 4.13. The number of nitrogens with zero attached hydrogens (tertiary/aromatic N) is 4. The Labute approximate surface area is 132 Å². The molecule has 0 N–H and O–H groups in total. The van der Waals surface area contributed by atoms with Crippen molar-refractivity contribution in [2.75, 3.05) is 13.2 Å². The van der Waals surface area contributed by atoms with E-state index in [2.05, 4.69) is 15.1 Å². The Morgan fingerprint density at radius 1 is 1.23 bits per heavy atom. The molecule has 0 saturated carbocycles. The van der Waals surface area contributed by atoms with Crippen molar-refractivity contribution in [1.29, 1.82) is 0 Å². The monoisotopic (exact) mass is 346 g/mol. The van der Waals surface area contributed by atoms with E-state index in [0.29, 0.717) is 24.9 Å². The van der Waals surface area contributed by atoms with Crippen LogP contribution in [0.15, 0.2) is 18.2 Å². The first-order valence-corrected chi connectivity index (χ1v) is 9.18. The van der Waals surface area contributed by atoms with Gasteiger partial charge in [0.2, 0.25) is 5.95 Å². The van der Waals surface area contributed by atoms with Crippen LogP contribution in [-0.2, 0) is 20.9 Å². The Morgan fingerprint density at radius 2 is 1.91 bits per heavy atom. The Kier molecular flexibility index (Phi) is 5.57. The van der Waals surface area contributed by atoms with E-state index in [1.165, 1.54) is 16.8 Å². The summed E-state index contributed by atoms with van der Waals surface area (Å²) in [6.07, 6.45) is 0. The van der Waals surface area contributed by atoms with Crippen LogP contribution in [0.1, 0.15) is 19.7 Å². The number of pyridine rings is 1. The van der Waals surface area contributed by atoms with Crippen molar-refractivity contribution in [3.8, 4) is 11.8 Å². The summed E-state index contributed by atoms with van der Waals surface area (Å²) in [5.74, 6) is 0.159. The molecule has 120 valence electrons. The molecule has 0 radical (unpaired) electrons. The fraction of sp³-hybridized carbons (Fsp3) is 0.417. The maximum Gasteiger partial charge on any atom is 0.382 e. The number of aromatic nitrogens is 4. The summed E-state index contributed by atoms with van der Waals surface area (Å²) in [6.45, 7) is 3.02. The molecule has 2 rings (SSSR count). The highest BCUT2D eigenvalue weighted by molar-refractivity contribution is 8.07. The topological polar surface area (TPSA) is 71.3 Å². The average Bonchev–Trinajstić information content (AvgIpc) is 2.79. The third-order valence-corrected chi connectivity index (χ3v) is 4.83. The van der Waals surface area contributed by atoms with Crippen molar-refractivity contribution in [2.24, 2.45) is 0 Å². The molecule has 0 fully saturated rings. The summed E-state index contributed by atoms with van der Waals surface area (Å²) < 4.78 is 30.8. The van der Waals surface area contributed by atoms with Gasteiger partial charge in [0, 0.05) is 11.8 Å². The van der Waals surface area contributed by atoms with E-state index in [9.17, 15) is 4.39 Å². The van der Waals surface area contributed by atoms with Crippen LogP contribution < -0.4 is 4.52 Å². The minimum Gasteiger partial charge on any atom is -0.388 e. The smallest absolute Gasteiger partial charge is 0.382 e. The van der Waals surface area contributed by atoms with Crippen molar-refractivity contribution >= 4 is 18.5 Å². The first-order chi connectivity index (χ1) is 10.5. The fourth-order valence-corrected chi connectivity index (χ4v) is 3.57. The van der Waals surface area contributed by atoms with Crippen LogP contribution in [0.3, 0.4) is 0 Å². The maximum absolute atomic E-state index is 13.2. The zero-order chi connectivity index (χ0) is 16.2. The second-order valence-corrected chi connectivity index (χ2v) is 6.98. The fourth-order valence-electron chi connectivity index (χ4n) is 1.64. The van der Waals surface area contributed by atoms with Gasteiger partial charge in [0.1, 0.15) is 5.82 Å². The van der Waals surface area contributed by atoms with Gasteiger partial charge in [0.25, 0.3) is 0 Å². The van der Waals surface area contributed by atoms with Gasteiger partial charge in [0.05, 0.1) is 13.2 Å². The van der Waals surface area contributed by atoms with Crippen LogP contribution in [0.4, 0.5) is 4.39 Å². The Bertz CT molecular complexity index is 687. The van der Waals surface area contributed by atoms with E-state index in [0.717, 1.165) is 0 Å². The van der Waals surface area contributed by atoms with Gasteiger partial charge in [-0.1, -0.05) is 6.07 Å². The van der Waals surface area contributed by atoms with Gasteiger partial charge in [-0.3, -0.25) is 9.05 Å². The molecule has 22 heavy (non-hydrogen) atoms. The first-order valence-electron chi connectivity index (χ1n) is 6.62. The molecule has 0 unspecified atom stereocenters. The van der Waals surface area contributed by atoms with Crippen molar-refractivity contribution in [2.45, 2.75) is 20.8 Å². The third kappa shape index (κ3) is 4.07. The lowest BCUT2D eigenvalue weighted by Gasteiger charge is -2.18. The Morgan fingerprint density at radius 3 is 2.50 bits per heavy atom. The predicted octanol–water partition coefficient (Wildman–Crippen LogP) is 2.79. The summed E-state index contributed by atoms with van der Waals surface area (Å²) in [7, 11) is 0. The van der Waals surface area contributed by atoms with Crippen LogP contribution >= 0.6 is 6.72 Å². The van der Waals surface area contributed by atoms with Gasteiger partial charge >= 0.3 is 12.7 Å². The van der Waals surface area contributed by atoms with Gasteiger partial charge in [0.15, 0.2) is 5.82 Å². The van der Waals surface area contributed by atoms with E-state index in [1.807, 2.05) is 0 Å². The molecule has 2 heterocycles. The van der Waals surface area contributed by atoms with Gasteiger partial charge in [-0.15, -0.1) is 5.10 Å². The first kappa shape index (κ1) is 17.0. The van der Waals surface area contributed by atoms with Crippen molar-refractivity contribution in [1.82, 2.24) is 19.7 Å². The molecule has 0 aliphatic carbocycles. The summed E-state index contributed by atoms with van der Waals surface area (Å²) in [6, 6.07) is 4.39. The van der Waals surface area contributed by atoms with Gasteiger partial charge in [-0.05, 0) is 32.9 Å². The molecule has 0 aliphatic rings. The highest BCUT2D eigenvalue weighted by Gasteiger charge is 2.24. The van der Waals surface area contributed by atoms with Crippen molar-refractivity contribution in [3.63, 3.8) is 0 Å². The third-order valence-electron chi connectivity index (χ3n) is 2.43. The molecular weight excluding hydrogens is 330 g/mol. The lowest BCUT2D eigenvalue weighted by molar-refractivity contribution is 0.214. The molecule has 0 bridgehead atoms. The summed E-state index contributed by atoms with van der Waals surface area (Å²) >= 11 is 5.25. The second-order valence-electron chi connectivity index (χ2n) is 4.05. The van der Waals surface area contributed by atoms with Crippen LogP contribution in [0, 0.1) is 12.9 Å². The molecule has 2 aromatic heterocycles. The van der Waals surface area contributed by atoms with Gasteiger partial charge in [-0.2, -0.15) is 14.1 Å². The Hall–Kier alpha value is -1.41. The van der Waals surface area contributed by atoms with Crippen LogP contribution in [0.5, 0.6) is 6.01 Å². The van der Waals surface area contributed by atoms with E-state index < -0.39 is 12.7 Å². The molecular formula is C12H16FN4O3PS. The van der Waals surface area contributed by atoms with E-state index in [4.69, 9.17) is 25.4 Å². The minimum atomic E-state index is -2.95. The highest BCUT2D eigenvalue weighted by Crippen LogP contribution is 2.48. The number of hydrogen-bond donors (Lipinski definition) is 0. The van der Waals surface area contributed by atoms with E-state index in [-0.39, 0.29) is 6.01 Å². The maximum atomic E-state index is 13.2. The Balaban J connectivity index is 2.28. The summed E-state index contributed by atoms with van der Waals surface area (Å²) in [4.78, 5) is 7.88. The van der Waals surface area contributed by atoms with Crippen LogP contribution in [-0.4, -0.2) is 33.0 Å². The molecule has 0 saturated heterocycles. The molecule has 0 aromatic carbocycles. The van der Waals surface area contributed by atoms with Gasteiger partial charge in [-0.25, -0.2) is 4.98 Å². The van der Waals surface area contributed by atoms with E-state index >= 15 is 0 Å². The number of aryl methyl sites for hydroxylation is 1. The summed E-state index contributed by atoms with van der Waals surface area (Å²) in [5.41, 5.74) is 0. The predicted molar refractivity (Wildman–Crippen MR) is 82.0 cm³/mol. The molecule has 0 aliphatic heterocycles. The molecule has 0 spiro atoms. The average molecular weight is 346 g/mol. The number of halogens is 1. The molecule has 2 aromatic rings. The number of hydrogen-bond acceptors (Lipinski definition) is 7. The zero-order valence-corrected chi connectivity index (χ0v) is 14.1. The molecule has 10 heteroatoms. The largest absolute Gasteiger partial charge is 0.388 e. The minimum absolute atomic E-state index is 0.00814. The standard InChI is InChI=1S/C12H16FN4O3PS/c1-4-18-21(22,19-5-2)20-12-14-9(3)17(16-12)11-8-6-7-10(13)15-11/h6-8H,4-5H2,1-3H3. The lowest BCUT2D eigenvalue weighted by Crippen LogP contribution is -2.04. The molecule has 7 nitrogen and oxygen atoms in total. The second kappa shape index (κ2) is 7.23. The van der Waals surface area contributed by atoms with Crippen LogP contribution in [0.25, 0.3) is 5.82 Å². The zero-order valence-electron chi connectivity index (χ0n) is 12.4.